The van der Waals surface area contributed by atoms with Gasteiger partial charge in [-0.3, -0.25) is 9.48 Å². The number of aromatic amines is 1. The zero-order valence-electron chi connectivity index (χ0n) is 16.8. The van der Waals surface area contributed by atoms with E-state index in [0.29, 0.717) is 13.1 Å². The molecular formula is C21H28ClN5O. The van der Waals surface area contributed by atoms with E-state index < -0.39 is 0 Å². The van der Waals surface area contributed by atoms with Crippen LogP contribution in [0.5, 0.6) is 0 Å². The quantitative estimate of drug-likeness (QED) is 0.629. The summed E-state index contributed by atoms with van der Waals surface area (Å²) in [5, 5.41) is 12.0. The molecule has 1 fully saturated rings. The monoisotopic (exact) mass is 401 g/mol. The number of carbonyl (C=O) groups excluding carboxylic acids is 1. The molecule has 0 saturated carbocycles. The molecule has 1 aromatic carbocycles. The molecule has 3 heterocycles. The Balaban J connectivity index is 0.00000225. The van der Waals surface area contributed by atoms with Gasteiger partial charge in [0.25, 0.3) is 0 Å². The van der Waals surface area contributed by atoms with Gasteiger partial charge in [-0.2, -0.15) is 5.10 Å². The average Bonchev–Trinajstić information content (AvgIpc) is 3.34. The maximum Gasteiger partial charge on any atom is 0.225 e. The normalized spacial score (nSPS) is 19.0. The Labute approximate surface area is 171 Å². The third-order valence-electron chi connectivity index (χ3n) is 5.80. The number of hydrogen-bond acceptors (Lipinski definition) is 3. The smallest absolute Gasteiger partial charge is 0.225 e. The maximum atomic E-state index is 12.9. The minimum absolute atomic E-state index is 0. The van der Waals surface area contributed by atoms with Crippen molar-refractivity contribution in [2.45, 2.75) is 33.2 Å². The number of H-pyrrole nitrogens is 1. The summed E-state index contributed by atoms with van der Waals surface area (Å²) < 4.78 is 1.79. The second kappa shape index (κ2) is 7.97. The van der Waals surface area contributed by atoms with E-state index in [0.717, 1.165) is 23.2 Å². The highest BCUT2D eigenvalue weighted by Crippen LogP contribution is 2.29. The van der Waals surface area contributed by atoms with E-state index in [9.17, 15) is 4.79 Å². The van der Waals surface area contributed by atoms with Crippen LogP contribution in [-0.4, -0.2) is 33.8 Å². The molecule has 150 valence electrons. The first-order valence-corrected chi connectivity index (χ1v) is 9.49. The second-order valence-electron chi connectivity index (χ2n) is 7.76. The number of benzene rings is 1. The number of aromatic nitrogens is 3. The fraction of sp³-hybridized carbons (Fsp3) is 0.429. The summed E-state index contributed by atoms with van der Waals surface area (Å²) in [6.07, 6.45) is 3.87. The number of aryl methyl sites for hydroxylation is 4. The van der Waals surface area contributed by atoms with Crippen LogP contribution < -0.4 is 10.6 Å². The SMILES string of the molecule is Cc1cc(CNC(=O)[C@H]2CNC[C@@H]2c2cnn(C)c2)c2[nH]c(C)c(C)c2c1.Cl. The number of carbonyl (C=O) groups is 1. The standard InChI is InChI=1S/C21H27N5O.ClH/c1-12-5-15(20-17(6-12)13(2)14(3)25-20)7-23-21(27)19-10-22-9-18(19)16-8-24-26(4)11-16;/h5-6,8,11,18-19,22,25H,7,9-10H2,1-4H3,(H,23,27);1H/t18-,19+;/m1./s1. The van der Waals surface area contributed by atoms with Crippen LogP contribution in [-0.2, 0) is 18.4 Å². The summed E-state index contributed by atoms with van der Waals surface area (Å²) in [6.45, 7) is 8.38. The summed E-state index contributed by atoms with van der Waals surface area (Å²) in [6, 6.07) is 4.36. The molecule has 0 radical (unpaired) electrons. The van der Waals surface area contributed by atoms with Crippen LogP contribution >= 0.6 is 12.4 Å². The van der Waals surface area contributed by atoms with Crippen LogP contribution in [0.3, 0.4) is 0 Å². The van der Waals surface area contributed by atoms with Gasteiger partial charge in [0.15, 0.2) is 0 Å². The molecule has 2 atom stereocenters. The molecule has 2 aromatic heterocycles. The van der Waals surface area contributed by atoms with E-state index >= 15 is 0 Å². The van der Waals surface area contributed by atoms with Gasteiger partial charge in [-0.15, -0.1) is 12.4 Å². The van der Waals surface area contributed by atoms with Gasteiger partial charge in [-0.1, -0.05) is 11.6 Å². The van der Waals surface area contributed by atoms with Crippen molar-refractivity contribution in [3.8, 4) is 0 Å². The number of fused-ring (bicyclic) bond motifs is 1. The lowest BCUT2D eigenvalue weighted by Crippen LogP contribution is -2.34. The number of halogens is 1. The molecule has 0 unspecified atom stereocenters. The lowest BCUT2D eigenvalue weighted by molar-refractivity contribution is -0.125. The van der Waals surface area contributed by atoms with Crippen molar-refractivity contribution in [3.05, 3.63) is 52.5 Å². The van der Waals surface area contributed by atoms with Crippen molar-refractivity contribution in [3.63, 3.8) is 0 Å². The summed E-state index contributed by atoms with van der Waals surface area (Å²) in [4.78, 5) is 16.4. The zero-order chi connectivity index (χ0) is 19.1. The predicted molar refractivity (Wildman–Crippen MR) is 114 cm³/mol. The van der Waals surface area contributed by atoms with Gasteiger partial charge in [0.2, 0.25) is 5.91 Å². The summed E-state index contributed by atoms with van der Waals surface area (Å²) in [5.41, 5.74) is 7.06. The number of amides is 1. The molecule has 1 aliphatic heterocycles. The van der Waals surface area contributed by atoms with E-state index in [1.807, 2.05) is 19.4 Å². The van der Waals surface area contributed by atoms with Gasteiger partial charge in [0.05, 0.1) is 17.6 Å². The summed E-state index contributed by atoms with van der Waals surface area (Å²) >= 11 is 0. The third-order valence-corrected chi connectivity index (χ3v) is 5.80. The first-order valence-electron chi connectivity index (χ1n) is 9.49. The molecule has 1 saturated heterocycles. The van der Waals surface area contributed by atoms with Gasteiger partial charge in [0, 0.05) is 49.9 Å². The fourth-order valence-corrected chi connectivity index (χ4v) is 4.18. The van der Waals surface area contributed by atoms with Gasteiger partial charge < -0.3 is 15.6 Å². The Hall–Kier alpha value is -2.31. The molecule has 3 N–H and O–H groups in total. The number of rotatable bonds is 4. The summed E-state index contributed by atoms with van der Waals surface area (Å²) in [5.74, 6) is 0.205. The highest BCUT2D eigenvalue weighted by Gasteiger charge is 2.34. The van der Waals surface area contributed by atoms with Crippen LogP contribution in [0, 0.1) is 26.7 Å². The molecule has 1 aliphatic rings. The van der Waals surface area contributed by atoms with E-state index in [2.05, 4.69) is 53.6 Å². The van der Waals surface area contributed by atoms with Crippen molar-refractivity contribution >= 4 is 29.2 Å². The molecule has 1 amide bonds. The Morgan fingerprint density at radius 1 is 1.29 bits per heavy atom. The summed E-state index contributed by atoms with van der Waals surface area (Å²) in [7, 11) is 1.91. The fourth-order valence-electron chi connectivity index (χ4n) is 4.18. The molecule has 7 heteroatoms. The molecule has 3 aromatic rings. The predicted octanol–water partition coefficient (Wildman–Crippen LogP) is 2.87. The van der Waals surface area contributed by atoms with Crippen molar-refractivity contribution in [2.24, 2.45) is 13.0 Å². The van der Waals surface area contributed by atoms with Gasteiger partial charge in [0.1, 0.15) is 0 Å². The van der Waals surface area contributed by atoms with E-state index in [1.165, 1.54) is 22.2 Å². The minimum atomic E-state index is -0.0679. The minimum Gasteiger partial charge on any atom is -0.358 e. The Kier molecular flexibility index (Phi) is 5.82. The van der Waals surface area contributed by atoms with Crippen molar-refractivity contribution in [1.82, 2.24) is 25.4 Å². The van der Waals surface area contributed by atoms with Gasteiger partial charge in [-0.05, 0) is 43.5 Å². The third kappa shape index (κ3) is 3.66. The highest BCUT2D eigenvalue weighted by atomic mass is 35.5. The highest BCUT2D eigenvalue weighted by molar-refractivity contribution is 5.88. The molecule has 0 bridgehead atoms. The van der Waals surface area contributed by atoms with Crippen LogP contribution in [0.4, 0.5) is 0 Å². The molecule has 28 heavy (non-hydrogen) atoms. The van der Waals surface area contributed by atoms with Crippen LogP contribution in [0.15, 0.2) is 24.5 Å². The topological polar surface area (TPSA) is 74.7 Å². The Morgan fingerprint density at radius 3 is 2.79 bits per heavy atom. The van der Waals surface area contributed by atoms with Gasteiger partial charge >= 0.3 is 0 Å². The molecular weight excluding hydrogens is 374 g/mol. The molecule has 0 spiro atoms. The van der Waals surface area contributed by atoms with E-state index in [-0.39, 0.29) is 30.2 Å². The average molecular weight is 402 g/mol. The molecule has 6 nitrogen and oxygen atoms in total. The lowest BCUT2D eigenvalue weighted by Gasteiger charge is -2.17. The zero-order valence-corrected chi connectivity index (χ0v) is 17.6. The second-order valence-corrected chi connectivity index (χ2v) is 7.76. The van der Waals surface area contributed by atoms with Crippen LogP contribution in [0.2, 0.25) is 0 Å². The largest absolute Gasteiger partial charge is 0.358 e. The first-order chi connectivity index (χ1) is 12.9. The number of hydrogen-bond donors (Lipinski definition) is 3. The van der Waals surface area contributed by atoms with Crippen molar-refractivity contribution in [1.29, 1.82) is 0 Å². The van der Waals surface area contributed by atoms with E-state index in [4.69, 9.17) is 0 Å². The maximum absolute atomic E-state index is 12.9. The number of nitrogens with one attached hydrogen (secondary N) is 3. The van der Waals surface area contributed by atoms with E-state index in [1.54, 1.807) is 4.68 Å². The first kappa shape index (κ1) is 20.4. The van der Waals surface area contributed by atoms with Crippen LogP contribution in [0.1, 0.15) is 33.9 Å². The van der Waals surface area contributed by atoms with Crippen molar-refractivity contribution < 1.29 is 4.79 Å². The number of nitrogens with zero attached hydrogens (tertiary/aromatic N) is 2. The van der Waals surface area contributed by atoms with Gasteiger partial charge in [-0.25, -0.2) is 0 Å². The Morgan fingerprint density at radius 2 is 2.07 bits per heavy atom. The van der Waals surface area contributed by atoms with Crippen molar-refractivity contribution in [2.75, 3.05) is 13.1 Å². The molecule has 4 rings (SSSR count). The lowest BCUT2D eigenvalue weighted by atomic mass is 9.90. The van der Waals surface area contributed by atoms with Crippen LogP contribution in [0.25, 0.3) is 10.9 Å². The molecule has 0 aliphatic carbocycles. The Bertz CT molecular complexity index is 1010.